The zero-order valence-corrected chi connectivity index (χ0v) is 14.1. The SMILES string of the molecule is Nc1ccc2nc(-c3ccc(NC(=O)Cc4cccs4)cc3)[nH]c2c1. The molecule has 0 radical (unpaired) electrons. The number of hydrogen-bond acceptors (Lipinski definition) is 4. The highest BCUT2D eigenvalue weighted by Gasteiger charge is 2.08. The van der Waals surface area contributed by atoms with Crippen molar-refractivity contribution in [3.8, 4) is 11.4 Å². The van der Waals surface area contributed by atoms with Gasteiger partial charge in [0.25, 0.3) is 0 Å². The van der Waals surface area contributed by atoms with Crippen LogP contribution in [0.25, 0.3) is 22.4 Å². The van der Waals surface area contributed by atoms with E-state index in [9.17, 15) is 4.79 Å². The number of carbonyl (C=O) groups excluding carboxylic acids is 1. The van der Waals surface area contributed by atoms with Gasteiger partial charge in [0.15, 0.2) is 0 Å². The fourth-order valence-corrected chi connectivity index (χ4v) is 3.36. The van der Waals surface area contributed by atoms with E-state index < -0.39 is 0 Å². The van der Waals surface area contributed by atoms with Crippen molar-refractivity contribution in [3.05, 3.63) is 64.9 Å². The van der Waals surface area contributed by atoms with Gasteiger partial charge in [0, 0.05) is 21.8 Å². The molecule has 4 N–H and O–H groups in total. The summed E-state index contributed by atoms with van der Waals surface area (Å²) in [6, 6.07) is 17.1. The maximum Gasteiger partial charge on any atom is 0.229 e. The second kappa shape index (κ2) is 6.41. The molecule has 4 rings (SSSR count). The summed E-state index contributed by atoms with van der Waals surface area (Å²) in [6.45, 7) is 0. The molecular formula is C19H16N4OS. The molecule has 0 unspecified atom stereocenters. The summed E-state index contributed by atoms with van der Waals surface area (Å²) in [5.74, 6) is 0.756. The minimum Gasteiger partial charge on any atom is -0.399 e. The van der Waals surface area contributed by atoms with Gasteiger partial charge in [0.1, 0.15) is 5.82 Å². The summed E-state index contributed by atoms with van der Waals surface area (Å²) in [4.78, 5) is 20.9. The van der Waals surface area contributed by atoms with E-state index in [0.717, 1.165) is 33.0 Å². The molecule has 0 aliphatic heterocycles. The zero-order valence-electron chi connectivity index (χ0n) is 13.3. The van der Waals surface area contributed by atoms with Crippen molar-refractivity contribution >= 4 is 39.7 Å². The van der Waals surface area contributed by atoms with Crippen LogP contribution in [0, 0.1) is 0 Å². The van der Waals surface area contributed by atoms with Gasteiger partial charge >= 0.3 is 0 Å². The zero-order chi connectivity index (χ0) is 17.2. The topological polar surface area (TPSA) is 83.8 Å². The molecule has 2 aromatic carbocycles. The van der Waals surface area contributed by atoms with Gasteiger partial charge in [-0.25, -0.2) is 4.98 Å². The Hall–Kier alpha value is -3.12. The van der Waals surface area contributed by atoms with Gasteiger partial charge in [-0.2, -0.15) is 0 Å². The molecular weight excluding hydrogens is 332 g/mol. The molecule has 5 nitrogen and oxygen atoms in total. The number of benzene rings is 2. The predicted octanol–water partition coefficient (Wildman–Crippen LogP) is 4.05. The van der Waals surface area contributed by atoms with Crippen molar-refractivity contribution in [1.29, 1.82) is 0 Å². The van der Waals surface area contributed by atoms with Crippen molar-refractivity contribution in [2.75, 3.05) is 11.1 Å². The largest absolute Gasteiger partial charge is 0.399 e. The van der Waals surface area contributed by atoms with Crippen LogP contribution in [-0.4, -0.2) is 15.9 Å². The van der Waals surface area contributed by atoms with E-state index in [1.54, 1.807) is 11.3 Å². The Bertz CT molecular complexity index is 1020. The Labute approximate surface area is 148 Å². The quantitative estimate of drug-likeness (QED) is 0.486. The van der Waals surface area contributed by atoms with Crippen molar-refractivity contribution in [2.24, 2.45) is 0 Å². The number of amides is 1. The number of thiophene rings is 1. The summed E-state index contributed by atoms with van der Waals surface area (Å²) in [6.07, 6.45) is 0.393. The fraction of sp³-hybridized carbons (Fsp3) is 0.0526. The third kappa shape index (κ3) is 3.39. The minimum absolute atomic E-state index is 0.0191. The molecule has 0 bridgehead atoms. The first-order valence-corrected chi connectivity index (χ1v) is 8.73. The Kier molecular flexibility index (Phi) is 3.95. The fourth-order valence-electron chi connectivity index (χ4n) is 2.65. The van der Waals surface area contributed by atoms with Gasteiger partial charge in [-0.3, -0.25) is 4.79 Å². The Morgan fingerprint density at radius 1 is 1.16 bits per heavy atom. The van der Waals surface area contributed by atoms with E-state index in [4.69, 9.17) is 5.73 Å². The van der Waals surface area contributed by atoms with Crippen LogP contribution < -0.4 is 11.1 Å². The third-order valence-corrected chi connectivity index (χ3v) is 4.74. The number of hydrogen-bond donors (Lipinski definition) is 3. The van der Waals surface area contributed by atoms with Crippen LogP contribution >= 0.6 is 11.3 Å². The first-order valence-electron chi connectivity index (χ1n) is 7.85. The summed E-state index contributed by atoms with van der Waals surface area (Å²) in [5.41, 5.74) is 10.00. The minimum atomic E-state index is -0.0191. The predicted molar refractivity (Wildman–Crippen MR) is 103 cm³/mol. The van der Waals surface area contributed by atoms with Crippen LogP contribution in [0.5, 0.6) is 0 Å². The number of fused-ring (bicyclic) bond motifs is 1. The Morgan fingerprint density at radius 3 is 2.76 bits per heavy atom. The molecule has 0 saturated heterocycles. The number of nitrogen functional groups attached to an aromatic ring is 1. The summed E-state index contributed by atoms with van der Waals surface area (Å²) >= 11 is 1.58. The maximum atomic E-state index is 12.0. The van der Waals surface area contributed by atoms with Crippen molar-refractivity contribution in [1.82, 2.24) is 9.97 Å². The molecule has 2 aromatic heterocycles. The number of aromatic amines is 1. The highest BCUT2D eigenvalue weighted by atomic mass is 32.1. The molecule has 1 amide bonds. The highest BCUT2D eigenvalue weighted by Crippen LogP contribution is 2.23. The van der Waals surface area contributed by atoms with Crippen molar-refractivity contribution < 1.29 is 4.79 Å². The summed E-state index contributed by atoms with van der Waals surface area (Å²) in [5, 5.41) is 4.88. The van der Waals surface area contributed by atoms with Crippen LogP contribution in [0.1, 0.15) is 4.88 Å². The smallest absolute Gasteiger partial charge is 0.229 e. The number of anilines is 2. The molecule has 6 heteroatoms. The lowest BCUT2D eigenvalue weighted by Crippen LogP contribution is -2.13. The third-order valence-electron chi connectivity index (χ3n) is 3.86. The molecule has 4 aromatic rings. The highest BCUT2D eigenvalue weighted by molar-refractivity contribution is 7.10. The standard InChI is InChI=1S/C19H16N4OS/c20-13-5-8-16-17(10-13)23-19(22-16)12-3-6-14(7-4-12)21-18(24)11-15-2-1-9-25-15/h1-10H,11,20H2,(H,21,24)(H,22,23). The van der Waals surface area contributed by atoms with E-state index >= 15 is 0 Å². The average Bonchev–Trinajstić information content (AvgIpc) is 3.24. The summed E-state index contributed by atoms with van der Waals surface area (Å²) in [7, 11) is 0. The normalized spacial score (nSPS) is 10.9. The molecule has 0 aliphatic carbocycles. The van der Waals surface area contributed by atoms with Gasteiger partial charge in [-0.1, -0.05) is 6.07 Å². The lowest BCUT2D eigenvalue weighted by atomic mass is 10.2. The Morgan fingerprint density at radius 2 is 2.00 bits per heavy atom. The second-order valence-electron chi connectivity index (χ2n) is 5.74. The van der Waals surface area contributed by atoms with E-state index in [1.165, 1.54) is 0 Å². The molecule has 0 saturated carbocycles. The monoisotopic (exact) mass is 348 g/mol. The van der Waals surface area contributed by atoms with Crippen molar-refractivity contribution in [2.45, 2.75) is 6.42 Å². The average molecular weight is 348 g/mol. The molecule has 0 fully saturated rings. The number of aromatic nitrogens is 2. The maximum absolute atomic E-state index is 12.0. The number of carbonyl (C=O) groups is 1. The van der Waals surface area contributed by atoms with Gasteiger partial charge in [-0.15, -0.1) is 11.3 Å². The lowest BCUT2D eigenvalue weighted by molar-refractivity contribution is -0.115. The van der Waals surface area contributed by atoms with Gasteiger partial charge in [-0.05, 0) is 53.9 Å². The van der Waals surface area contributed by atoms with Crippen LogP contribution in [0.4, 0.5) is 11.4 Å². The molecule has 0 atom stereocenters. The molecule has 124 valence electrons. The van der Waals surface area contributed by atoms with Crippen molar-refractivity contribution in [3.63, 3.8) is 0 Å². The molecule has 0 spiro atoms. The van der Waals surface area contributed by atoms with Gasteiger partial charge in [0.2, 0.25) is 5.91 Å². The first kappa shape index (κ1) is 15.4. The van der Waals surface area contributed by atoms with Gasteiger partial charge in [0.05, 0.1) is 17.5 Å². The van der Waals surface area contributed by atoms with Crippen LogP contribution in [0.2, 0.25) is 0 Å². The first-order chi connectivity index (χ1) is 12.2. The molecule has 2 heterocycles. The van der Waals surface area contributed by atoms with E-state index in [0.29, 0.717) is 12.1 Å². The number of nitrogens with one attached hydrogen (secondary N) is 2. The Balaban J connectivity index is 1.50. The van der Waals surface area contributed by atoms with Crippen LogP contribution in [-0.2, 0) is 11.2 Å². The lowest BCUT2D eigenvalue weighted by Gasteiger charge is -2.05. The van der Waals surface area contributed by atoms with E-state index in [2.05, 4.69) is 15.3 Å². The molecule has 0 aliphatic rings. The number of rotatable bonds is 4. The number of nitrogens with two attached hydrogens (primary N) is 1. The summed E-state index contributed by atoms with van der Waals surface area (Å²) < 4.78 is 0. The number of H-pyrrole nitrogens is 1. The van der Waals surface area contributed by atoms with E-state index in [-0.39, 0.29) is 5.91 Å². The second-order valence-corrected chi connectivity index (χ2v) is 6.78. The number of nitrogens with zero attached hydrogens (tertiary/aromatic N) is 1. The van der Waals surface area contributed by atoms with Gasteiger partial charge < -0.3 is 16.0 Å². The van der Waals surface area contributed by atoms with Crippen LogP contribution in [0.15, 0.2) is 60.0 Å². The number of imidazole rings is 1. The van der Waals surface area contributed by atoms with Crippen LogP contribution in [0.3, 0.4) is 0 Å². The van der Waals surface area contributed by atoms with E-state index in [1.807, 2.05) is 60.0 Å². The molecule has 25 heavy (non-hydrogen) atoms.